The number of hydrogen-bond acceptors (Lipinski definition) is 3. The van der Waals surface area contributed by atoms with Crippen molar-refractivity contribution < 1.29 is 5.11 Å². The molecule has 0 amide bonds. The molecular weight excluding hydrogens is 188 g/mol. The number of likely N-dealkylation sites (N-methyl/N-ethyl adjacent to an activating group) is 1. The topological polar surface area (TPSA) is 35.5 Å². The molecule has 0 aromatic rings. The zero-order valence-electron chi connectivity index (χ0n) is 10.8. The van der Waals surface area contributed by atoms with Gasteiger partial charge in [-0.1, -0.05) is 27.7 Å². The summed E-state index contributed by atoms with van der Waals surface area (Å²) in [6.45, 7) is 12.1. The van der Waals surface area contributed by atoms with Crippen molar-refractivity contribution in [3.05, 3.63) is 0 Å². The van der Waals surface area contributed by atoms with Crippen LogP contribution in [0.1, 0.15) is 40.5 Å². The number of nitrogens with zero attached hydrogens (tertiary/aromatic N) is 1. The molecule has 0 aromatic heterocycles. The average molecular weight is 216 g/mol. The van der Waals surface area contributed by atoms with Crippen LogP contribution in [0.5, 0.6) is 0 Å². The van der Waals surface area contributed by atoms with E-state index < -0.39 is 0 Å². The van der Waals surface area contributed by atoms with Crippen LogP contribution >= 0.6 is 0 Å². The van der Waals surface area contributed by atoms with Crippen LogP contribution in [-0.4, -0.2) is 48.3 Å². The van der Waals surface area contributed by atoms with E-state index in [0.717, 1.165) is 32.5 Å². The van der Waals surface area contributed by atoms with Crippen LogP contribution in [0, 0.1) is 0 Å². The van der Waals surface area contributed by atoms with E-state index in [2.05, 4.69) is 37.9 Å². The molecule has 0 aliphatic heterocycles. The maximum absolute atomic E-state index is 9.82. The van der Waals surface area contributed by atoms with Gasteiger partial charge in [0.15, 0.2) is 0 Å². The summed E-state index contributed by atoms with van der Waals surface area (Å²) < 4.78 is 0. The van der Waals surface area contributed by atoms with Gasteiger partial charge < -0.3 is 15.3 Å². The highest BCUT2D eigenvalue weighted by molar-refractivity contribution is 4.69. The third-order valence-corrected chi connectivity index (χ3v) is 2.99. The maximum atomic E-state index is 9.82. The summed E-state index contributed by atoms with van der Waals surface area (Å²) >= 11 is 0. The van der Waals surface area contributed by atoms with E-state index in [9.17, 15) is 5.11 Å². The van der Waals surface area contributed by atoms with Gasteiger partial charge in [0.2, 0.25) is 0 Å². The lowest BCUT2D eigenvalue weighted by Crippen LogP contribution is -2.41. The third kappa shape index (κ3) is 6.88. The third-order valence-electron chi connectivity index (χ3n) is 2.99. The van der Waals surface area contributed by atoms with E-state index in [1.54, 1.807) is 0 Å². The second kappa shape index (κ2) is 9.13. The Labute approximate surface area is 94.9 Å². The van der Waals surface area contributed by atoms with Crippen LogP contribution < -0.4 is 5.32 Å². The molecule has 0 aliphatic rings. The first-order chi connectivity index (χ1) is 7.17. The fourth-order valence-corrected chi connectivity index (χ4v) is 1.72. The van der Waals surface area contributed by atoms with E-state index in [4.69, 9.17) is 0 Å². The zero-order chi connectivity index (χ0) is 11.7. The van der Waals surface area contributed by atoms with Gasteiger partial charge in [-0.05, 0) is 25.9 Å². The molecule has 0 bridgehead atoms. The first-order valence-electron chi connectivity index (χ1n) is 6.31. The van der Waals surface area contributed by atoms with Gasteiger partial charge in [0.25, 0.3) is 0 Å². The number of rotatable bonds is 9. The highest BCUT2D eigenvalue weighted by Crippen LogP contribution is 1.97. The Kier molecular flexibility index (Phi) is 9.06. The number of nitrogens with one attached hydrogen (secondary N) is 1. The van der Waals surface area contributed by atoms with Crippen LogP contribution in [0.2, 0.25) is 0 Å². The largest absolute Gasteiger partial charge is 0.390 e. The fraction of sp³-hybridized carbons (Fsp3) is 1.00. The van der Waals surface area contributed by atoms with Crippen LogP contribution in [-0.2, 0) is 0 Å². The molecule has 15 heavy (non-hydrogen) atoms. The Morgan fingerprint density at radius 3 is 2.00 bits per heavy atom. The van der Waals surface area contributed by atoms with Crippen LogP contribution in [0.25, 0.3) is 0 Å². The quantitative estimate of drug-likeness (QED) is 0.612. The summed E-state index contributed by atoms with van der Waals surface area (Å²) in [6, 6.07) is 0.552. The molecule has 0 aromatic carbocycles. The molecule has 0 saturated heterocycles. The normalized spacial score (nSPS) is 13.8. The first kappa shape index (κ1) is 14.9. The second-order valence-corrected chi connectivity index (χ2v) is 4.06. The van der Waals surface area contributed by atoms with Crippen molar-refractivity contribution in [2.24, 2.45) is 0 Å². The highest BCUT2D eigenvalue weighted by atomic mass is 16.3. The van der Waals surface area contributed by atoms with Crippen molar-refractivity contribution in [3.8, 4) is 0 Å². The summed E-state index contributed by atoms with van der Waals surface area (Å²) in [5, 5.41) is 13.2. The average Bonchev–Trinajstić information content (AvgIpc) is 2.27. The number of aliphatic hydroxyl groups excluding tert-OH is 1. The summed E-state index contributed by atoms with van der Waals surface area (Å²) in [7, 11) is 0. The second-order valence-electron chi connectivity index (χ2n) is 4.06. The zero-order valence-corrected chi connectivity index (χ0v) is 10.8. The number of aliphatic hydroxyl groups is 1. The minimum atomic E-state index is -0.245. The molecule has 0 aliphatic carbocycles. The predicted octanol–water partition coefficient (Wildman–Crippen LogP) is 1.47. The van der Waals surface area contributed by atoms with Crippen LogP contribution in [0.3, 0.4) is 0 Å². The van der Waals surface area contributed by atoms with Gasteiger partial charge in [-0.2, -0.15) is 0 Å². The van der Waals surface area contributed by atoms with E-state index in [1.165, 1.54) is 0 Å². The van der Waals surface area contributed by atoms with E-state index in [-0.39, 0.29) is 6.10 Å². The van der Waals surface area contributed by atoms with E-state index in [1.807, 2.05) is 0 Å². The van der Waals surface area contributed by atoms with Crippen molar-refractivity contribution in [2.45, 2.75) is 52.7 Å². The minimum absolute atomic E-state index is 0.245. The lowest BCUT2D eigenvalue weighted by molar-refractivity contribution is 0.113. The van der Waals surface area contributed by atoms with Gasteiger partial charge in [0.1, 0.15) is 0 Å². The SMILES string of the molecule is CCC(CC)NCC(O)CN(CC)CC. The van der Waals surface area contributed by atoms with Gasteiger partial charge in [-0.25, -0.2) is 0 Å². The molecule has 3 nitrogen and oxygen atoms in total. The monoisotopic (exact) mass is 216 g/mol. The van der Waals surface area contributed by atoms with Crippen molar-refractivity contribution in [1.82, 2.24) is 10.2 Å². The Bertz CT molecular complexity index is 134. The summed E-state index contributed by atoms with van der Waals surface area (Å²) in [5.74, 6) is 0. The Balaban J connectivity index is 3.67. The van der Waals surface area contributed by atoms with Gasteiger partial charge in [0, 0.05) is 19.1 Å². The van der Waals surface area contributed by atoms with Gasteiger partial charge >= 0.3 is 0 Å². The number of hydrogen-bond donors (Lipinski definition) is 2. The standard InChI is InChI=1S/C12H28N2O/c1-5-11(6-2)13-9-12(15)10-14(7-3)8-4/h11-13,15H,5-10H2,1-4H3. The highest BCUT2D eigenvalue weighted by Gasteiger charge is 2.10. The van der Waals surface area contributed by atoms with E-state index in [0.29, 0.717) is 12.6 Å². The molecule has 1 atom stereocenters. The van der Waals surface area contributed by atoms with Crippen molar-refractivity contribution in [2.75, 3.05) is 26.2 Å². The lowest BCUT2D eigenvalue weighted by atomic mass is 10.1. The molecular formula is C12H28N2O. The lowest BCUT2D eigenvalue weighted by Gasteiger charge is -2.23. The first-order valence-corrected chi connectivity index (χ1v) is 6.31. The Morgan fingerprint density at radius 1 is 1.07 bits per heavy atom. The van der Waals surface area contributed by atoms with Gasteiger partial charge in [-0.15, -0.1) is 0 Å². The molecule has 0 saturated carbocycles. The molecule has 0 spiro atoms. The van der Waals surface area contributed by atoms with Crippen LogP contribution in [0.4, 0.5) is 0 Å². The Hall–Kier alpha value is -0.120. The van der Waals surface area contributed by atoms with Gasteiger partial charge in [-0.3, -0.25) is 0 Å². The molecule has 92 valence electrons. The molecule has 0 heterocycles. The van der Waals surface area contributed by atoms with Crippen molar-refractivity contribution in [3.63, 3.8) is 0 Å². The summed E-state index contributed by atoms with van der Waals surface area (Å²) in [4.78, 5) is 2.25. The molecule has 1 unspecified atom stereocenters. The smallest absolute Gasteiger partial charge is 0.0791 e. The van der Waals surface area contributed by atoms with Gasteiger partial charge in [0.05, 0.1) is 6.10 Å². The molecule has 0 fully saturated rings. The van der Waals surface area contributed by atoms with Crippen LogP contribution in [0.15, 0.2) is 0 Å². The van der Waals surface area contributed by atoms with E-state index >= 15 is 0 Å². The summed E-state index contributed by atoms with van der Waals surface area (Å²) in [6.07, 6.45) is 2.02. The molecule has 2 N–H and O–H groups in total. The minimum Gasteiger partial charge on any atom is -0.390 e. The van der Waals surface area contributed by atoms with Crippen molar-refractivity contribution in [1.29, 1.82) is 0 Å². The molecule has 0 rings (SSSR count). The maximum Gasteiger partial charge on any atom is 0.0791 e. The Morgan fingerprint density at radius 2 is 1.60 bits per heavy atom. The molecule has 3 heteroatoms. The summed E-state index contributed by atoms with van der Waals surface area (Å²) in [5.41, 5.74) is 0. The fourth-order valence-electron chi connectivity index (χ4n) is 1.72. The predicted molar refractivity (Wildman–Crippen MR) is 66.2 cm³/mol. The molecule has 0 radical (unpaired) electrons. The van der Waals surface area contributed by atoms with Crippen molar-refractivity contribution >= 4 is 0 Å².